The molecule has 6 heteroatoms. The number of hydrogen-bond acceptors (Lipinski definition) is 3. The van der Waals surface area contributed by atoms with E-state index in [1.165, 1.54) is 4.68 Å². The molecule has 0 bridgehead atoms. The Morgan fingerprint density at radius 3 is 3.00 bits per heavy atom. The van der Waals surface area contributed by atoms with Crippen LogP contribution in [0.15, 0.2) is 35.2 Å². The fraction of sp³-hybridized carbons (Fsp3) is 0.100. The Morgan fingerprint density at radius 1 is 1.44 bits per heavy atom. The maximum absolute atomic E-state index is 12.0. The van der Waals surface area contributed by atoms with Gasteiger partial charge in [0.05, 0.1) is 24.1 Å². The molecule has 0 fully saturated rings. The Hall–Kier alpha value is -1.69. The fourth-order valence-electron chi connectivity index (χ4n) is 1.72. The second kappa shape index (κ2) is 3.41. The minimum absolute atomic E-state index is 0.145. The topological polar surface area (TPSA) is 51.0 Å². The van der Waals surface area contributed by atoms with E-state index < -0.39 is 0 Å². The minimum atomic E-state index is -0.145. The SMILES string of the molecule is O=C1N(c2cccnc2)Cc2cc(Br)nn21. The van der Waals surface area contributed by atoms with E-state index in [1.807, 2.05) is 12.1 Å². The van der Waals surface area contributed by atoms with Gasteiger partial charge in [0.2, 0.25) is 0 Å². The monoisotopic (exact) mass is 278 g/mol. The molecule has 0 radical (unpaired) electrons. The van der Waals surface area contributed by atoms with Crippen LogP contribution in [0.2, 0.25) is 0 Å². The van der Waals surface area contributed by atoms with E-state index in [2.05, 4.69) is 26.0 Å². The van der Waals surface area contributed by atoms with Gasteiger partial charge in [-0.2, -0.15) is 9.78 Å². The zero-order chi connectivity index (χ0) is 11.1. The van der Waals surface area contributed by atoms with Crippen LogP contribution in [0.5, 0.6) is 0 Å². The highest BCUT2D eigenvalue weighted by molar-refractivity contribution is 9.10. The summed E-state index contributed by atoms with van der Waals surface area (Å²) >= 11 is 3.25. The third-order valence-corrected chi connectivity index (χ3v) is 2.83. The van der Waals surface area contributed by atoms with Gasteiger partial charge in [0.15, 0.2) is 0 Å². The summed E-state index contributed by atoms with van der Waals surface area (Å²) in [5.41, 5.74) is 1.66. The van der Waals surface area contributed by atoms with Gasteiger partial charge in [-0.25, -0.2) is 4.79 Å². The van der Waals surface area contributed by atoms with Crippen LogP contribution in [0.3, 0.4) is 0 Å². The van der Waals surface area contributed by atoms with E-state index in [4.69, 9.17) is 0 Å². The molecule has 0 atom stereocenters. The first-order chi connectivity index (χ1) is 7.75. The molecule has 0 unspecified atom stereocenters. The van der Waals surface area contributed by atoms with Crippen molar-refractivity contribution < 1.29 is 4.79 Å². The van der Waals surface area contributed by atoms with Gasteiger partial charge in [0.1, 0.15) is 4.60 Å². The van der Waals surface area contributed by atoms with E-state index in [1.54, 1.807) is 23.4 Å². The normalized spacial score (nSPS) is 14.3. The minimum Gasteiger partial charge on any atom is -0.285 e. The number of carbonyl (C=O) groups excluding carboxylic acids is 1. The molecule has 1 aliphatic rings. The first-order valence-electron chi connectivity index (χ1n) is 4.72. The van der Waals surface area contributed by atoms with Crippen LogP contribution in [0, 0.1) is 0 Å². The molecule has 0 aromatic carbocycles. The second-order valence-corrected chi connectivity index (χ2v) is 4.26. The van der Waals surface area contributed by atoms with Gasteiger partial charge in [-0.3, -0.25) is 9.88 Å². The number of amides is 1. The predicted octanol–water partition coefficient (Wildman–Crippen LogP) is 2.03. The highest BCUT2D eigenvalue weighted by Crippen LogP contribution is 2.24. The summed E-state index contributed by atoms with van der Waals surface area (Å²) in [5, 5.41) is 4.07. The molecule has 0 saturated heterocycles. The van der Waals surface area contributed by atoms with Crippen molar-refractivity contribution in [3.05, 3.63) is 40.9 Å². The first-order valence-corrected chi connectivity index (χ1v) is 5.51. The van der Waals surface area contributed by atoms with Crippen LogP contribution in [0.25, 0.3) is 0 Å². The van der Waals surface area contributed by atoms with Crippen molar-refractivity contribution in [2.45, 2.75) is 6.54 Å². The van der Waals surface area contributed by atoms with Gasteiger partial charge in [-0.05, 0) is 34.1 Å². The highest BCUT2D eigenvalue weighted by Gasteiger charge is 2.29. The van der Waals surface area contributed by atoms with E-state index >= 15 is 0 Å². The molecule has 1 amide bonds. The molecule has 0 spiro atoms. The first kappa shape index (κ1) is 9.53. The van der Waals surface area contributed by atoms with Crippen molar-refractivity contribution in [2.75, 3.05) is 4.90 Å². The Morgan fingerprint density at radius 2 is 2.31 bits per heavy atom. The van der Waals surface area contributed by atoms with E-state index in [-0.39, 0.29) is 6.03 Å². The Balaban J connectivity index is 1.99. The number of fused-ring (bicyclic) bond motifs is 1. The van der Waals surface area contributed by atoms with Gasteiger partial charge in [0, 0.05) is 6.20 Å². The lowest BCUT2D eigenvalue weighted by molar-refractivity contribution is 0.248. The van der Waals surface area contributed by atoms with Gasteiger partial charge < -0.3 is 0 Å². The molecule has 1 aliphatic heterocycles. The molecule has 2 aromatic rings. The van der Waals surface area contributed by atoms with E-state index in [9.17, 15) is 4.79 Å². The zero-order valence-electron chi connectivity index (χ0n) is 8.17. The largest absolute Gasteiger partial charge is 0.349 e. The van der Waals surface area contributed by atoms with Gasteiger partial charge in [-0.15, -0.1) is 0 Å². The molecule has 16 heavy (non-hydrogen) atoms. The molecule has 80 valence electrons. The number of pyridine rings is 1. The van der Waals surface area contributed by atoms with Crippen LogP contribution >= 0.6 is 15.9 Å². The highest BCUT2D eigenvalue weighted by atomic mass is 79.9. The quantitative estimate of drug-likeness (QED) is 0.802. The smallest absolute Gasteiger partial charge is 0.285 e. The van der Waals surface area contributed by atoms with Crippen LogP contribution in [0.4, 0.5) is 10.5 Å². The zero-order valence-corrected chi connectivity index (χ0v) is 9.75. The fourth-order valence-corrected chi connectivity index (χ4v) is 2.15. The Kier molecular flexibility index (Phi) is 2.03. The average molecular weight is 279 g/mol. The van der Waals surface area contributed by atoms with Crippen molar-refractivity contribution in [1.29, 1.82) is 0 Å². The number of hydrogen-bond donors (Lipinski definition) is 0. The summed E-state index contributed by atoms with van der Waals surface area (Å²) in [5.74, 6) is 0. The standard InChI is InChI=1S/C10H7BrN4O/c11-9-4-8-6-14(10(16)15(8)13-9)7-2-1-3-12-5-7/h1-5H,6H2. The van der Waals surface area contributed by atoms with Crippen molar-refractivity contribution in [2.24, 2.45) is 0 Å². The van der Waals surface area contributed by atoms with E-state index in [0.717, 1.165) is 11.4 Å². The lowest BCUT2D eigenvalue weighted by Gasteiger charge is -2.13. The third kappa shape index (κ3) is 1.34. The maximum Gasteiger partial charge on any atom is 0.349 e. The Labute approximate surface area is 99.8 Å². The van der Waals surface area contributed by atoms with Crippen molar-refractivity contribution in [3.8, 4) is 0 Å². The molecule has 3 rings (SSSR count). The molecule has 2 aromatic heterocycles. The third-order valence-electron chi connectivity index (χ3n) is 2.44. The molecule has 3 heterocycles. The van der Waals surface area contributed by atoms with Crippen molar-refractivity contribution in [1.82, 2.24) is 14.8 Å². The van der Waals surface area contributed by atoms with Gasteiger partial charge in [-0.1, -0.05) is 0 Å². The summed E-state index contributed by atoms with van der Waals surface area (Å²) in [6.07, 6.45) is 3.35. The van der Waals surface area contributed by atoms with Gasteiger partial charge in [0.25, 0.3) is 0 Å². The average Bonchev–Trinajstić information content (AvgIpc) is 2.79. The van der Waals surface area contributed by atoms with E-state index in [0.29, 0.717) is 11.1 Å². The number of carbonyl (C=O) groups is 1. The summed E-state index contributed by atoms with van der Waals surface area (Å²) in [6.45, 7) is 0.531. The van der Waals surface area contributed by atoms with Crippen LogP contribution in [-0.2, 0) is 6.54 Å². The molecule has 0 aliphatic carbocycles. The number of anilines is 1. The molecule has 0 N–H and O–H groups in total. The summed E-state index contributed by atoms with van der Waals surface area (Å²) in [6, 6.07) is 5.36. The number of halogens is 1. The maximum atomic E-state index is 12.0. The van der Waals surface area contributed by atoms with Crippen LogP contribution in [-0.4, -0.2) is 20.8 Å². The second-order valence-electron chi connectivity index (χ2n) is 3.45. The lowest BCUT2D eigenvalue weighted by atomic mass is 10.3. The molecular formula is C10H7BrN4O. The van der Waals surface area contributed by atoms with Crippen LogP contribution < -0.4 is 4.90 Å². The van der Waals surface area contributed by atoms with Crippen molar-refractivity contribution >= 4 is 27.6 Å². The summed E-state index contributed by atoms with van der Waals surface area (Å²) < 4.78 is 2.08. The molecular weight excluding hydrogens is 272 g/mol. The van der Waals surface area contributed by atoms with Crippen LogP contribution in [0.1, 0.15) is 5.69 Å². The Bertz CT molecular complexity index is 551. The lowest BCUT2D eigenvalue weighted by Crippen LogP contribution is -2.26. The molecule has 5 nitrogen and oxygen atoms in total. The number of aromatic nitrogens is 3. The number of nitrogens with zero attached hydrogens (tertiary/aromatic N) is 4. The summed E-state index contributed by atoms with van der Waals surface area (Å²) in [4.78, 5) is 17.6. The number of rotatable bonds is 1. The van der Waals surface area contributed by atoms with Crippen molar-refractivity contribution in [3.63, 3.8) is 0 Å². The molecule has 0 saturated carbocycles. The summed E-state index contributed by atoms with van der Waals surface area (Å²) in [7, 11) is 0. The predicted molar refractivity (Wildman–Crippen MR) is 61.1 cm³/mol. The van der Waals surface area contributed by atoms with Gasteiger partial charge >= 0.3 is 6.03 Å².